The molecule has 1 aromatic heterocycles. The molecule has 140 valence electrons. The van der Waals surface area contributed by atoms with Crippen LogP contribution in [0, 0.1) is 0 Å². The molecule has 1 saturated heterocycles. The van der Waals surface area contributed by atoms with Gasteiger partial charge in [-0.05, 0) is 37.1 Å². The molecule has 0 aliphatic carbocycles. The number of nitrogens with zero attached hydrogens (tertiary/aromatic N) is 3. The number of carbonyl (C=O) groups is 1. The number of anilines is 1. The Bertz CT molecular complexity index is 689. The minimum absolute atomic E-state index is 0.0953. The Kier molecular flexibility index (Phi) is 6.28. The fourth-order valence-corrected chi connectivity index (χ4v) is 3.21. The van der Waals surface area contributed by atoms with Crippen LogP contribution in [0.4, 0.5) is 5.69 Å². The number of para-hydroxylation sites is 1. The molecule has 0 saturated carbocycles. The van der Waals surface area contributed by atoms with Crippen molar-refractivity contribution in [2.75, 3.05) is 44.2 Å². The van der Waals surface area contributed by atoms with E-state index in [1.807, 2.05) is 6.07 Å². The van der Waals surface area contributed by atoms with Crippen LogP contribution in [0.3, 0.4) is 0 Å². The largest absolute Gasteiger partial charge is 0.369 e. The molecule has 26 heavy (non-hydrogen) atoms. The molecule has 6 nitrogen and oxygen atoms in total. The summed E-state index contributed by atoms with van der Waals surface area (Å²) in [5.41, 5.74) is 2.77. The van der Waals surface area contributed by atoms with Gasteiger partial charge in [-0.3, -0.25) is 14.8 Å². The van der Waals surface area contributed by atoms with Crippen molar-refractivity contribution >= 4 is 11.6 Å². The first-order chi connectivity index (χ1) is 12.6. The van der Waals surface area contributed by atoms with Crippen LogP contribution in [0.1, 0.15) is 42.4 Å². The summed E-state index contributed by atoms with van der Waals surface area (Å²) in [6.07, 6.45) is 0.957. The van der Waals surface area contributed by atoms with Gasteiger partial charge < -0.3 is 10.2 Å². The number of rotatable bonds is 7. The molecule has 2 aromatic rings. The Morgan fingerprint density at radius 3 is 2.58 bits per heavy atom. The van der Waals surface area contributed by atoms with Gasteiger partial charge in [0.25, 0.3) is 5.91 Å². The highest BCUT2D eigenvalue weighted by molar-refractivity contribution is 5.92. The van der Waals surface area contributed by atoms with Crippen molar-refractivity contribution < 1.29 is 4.79 Å². The highest BCUT2D eigenvalue weighted by Gasteiger charge is 2.17. The van der Waals surface area contributed by atoms with E-state index in [0.29, 0.717) is 18.2 Å². The van der Waals surface area contributed by atoms with E-state index >= 15 is 0 Å². The lowest BCUT2D eigenvalue weighted by atomic mass is 10.1. The van der Waals surface area contributed by atoms with Crippen LogP contribution >= 0.6 is 0 Å². The molecule has 1 fully saturated rings. The number of hydrogen-bond donors (Lipinski definition) is 2. The number of hydrogen-bond acceptors (Lipinski definition) is 4. The predicted molar refractivity (Wildman–Crippen MR) is 105 cm³/mol. The average Bonchev–Trinajstić information content (AvgIpc) is 3.17. The average molecular weight is 355 g/mol. The Labute approximate surface area is 155 Å². The fraction of sp³-hybridized carbons (Fsp3) is 0.500. The Morgan fingerprint density at radius 2 is 1.92 bits per heavy atom. The predicted octanol–water partition coefficient (Wildman–Crippen LogP) is 2.48. The topological polar surface area (TPSA) is 64.3 Å². The maximum Gasteiger partial charge on any atom is 0.271 e. The molecule has 2 heterocycles. The quantitative estimate of drug-likeness (QED) is 0.749. The lowest BCUT2D eigenvalue weighted by Gasteiger charge is -2.36. The van der Waals surface area contributed by atoms with Gasteiger partial charge in [-0.1, -0.05) is 32.0 Å². The van der Waals surface area contributed by atoms with Gasteiger partial charge in [0.15, 0.2) is 0 Å². The third kappa shape index (κ3) is 4.85. The van der Waals surface area contributed by atoms with Crippen LogP contribution in [0.15, 0.2) is 36.4 Å². The molecule has 0 spiro atoms. The van der Waals surface area contributed by atoms with E-state index in [4.69, 9.17) is 0 Å². The van der Waals surface area contributed by atoms with E-state index < -0.39 is 0 Å². The van der Waals surface area contributed by atoms with Crippen LogP contribution in [-0.2, 0) is 0 Å². The molecular formula is C20H29N5O. The summed E-state index contributed by atoms with van der Waals surface area (Å²) >= 11 is 0. The van der Waals surface area contributed by atoms with Crippen molar-refractivity contribution in [3.05, 3.63) is 47.8 Å². The van der Waals surface area contributed by atoms with Gasteiger partial charge in [0.2, 0.25) is 0 Å². The molecule has 0 bridgehead atoms. The second-order valence-electron chi connectivity index (χ2n) is 7.14. The number of aromatic amines is 1. The van der Waals surface area contributed by atoms with Crippen molar-refractivity contribution in [2.45, 2.75) is 26.2 Å². The second-order valence-corrected chi connectivity index (χ2v) is 7.14. The van der Waals surface area contributed by atoms with Crippen LogP contribution in [0.25, 0.3) is 0 Å². The fourth-order valence-electron chi connectivity index (χ4n) is 3.21. The lowest BCUT2D eigenvalue weighted by Crippen LogP contribution is -2.47. The minimum atomic E-state index is -0.0953. The van der Waals surface area contributed by atoms with Crippen molar-refractivity contribution in [1.82, 2.24) is 20.4 Å². The van der Waals surface area contributed by atoms with Crippen molar-refractivity contribution in [3.8, 4) is 0 Å². The second kappa shape index (κ2) is 8.85. The number of benzene rings is 1. The molecule has 0 unspecified atom stereocenters. The lowest BCUT2D eigenvalue weighted by molar-refractivity contribution is 0.0946. The number of piperazine rings is 1. The molecule has 6 heteroatoms. The minimum Gasteiger partial charge on any atom is -0.369 e. The highest BCUT2D eigenvalue weighted by atomic mass is 16.1. The molecule has 0 atom stereocenters. The first-order valence-corrected chi connectivity index (χ1v) is 9.49. The zero-order valence-corrected chi connectivity index (χ0v) is 15.7. The van der Waals surface area contributed by atoms with Gasteiger partial charge in [0, 0.05) is 44.1 Å². The summed E-state index contributed by atoms with van der Waals surface area (Å²) < 4.78 is 0. The van der Waals surface area contributed by atoms with Crippen LogP contribution in [0.5, 0.6) is 0 Å². The highest BCUT2D eigenvalue weighted by Crippen LogP contribution is 2.15. The Hall–Kier alpha value is -2.34. The van der Waals surface area contributed by atoms with E-state index in [-0.39, 0.29) is 5.91 Å². The van der Waals surface area contributed by atoms with Crippen molar-refractivity contribution in [1.29, 1.82) is 0 Å². The van der Waals surface area contributed by atoms with E-state index in [0.717, 1.165) is 44.8 Å². The van der Waals surface area contributed by atoms with E-state index in [9.17, 15) is 4.79 Å². The molecule has 1 aliphatic heterocycles. The molecule has 1 aliphatic rings. The Balaban J connectivity index is 1.33. The van der Waals surface area contributed by atoms with E-state index in [1.165, 1.54) is 5.69 Å². The summed E-state index contributed by atoms with van der Waals surface area (Å²) in [4.78, 5) is 17.0. The van der Waals surface area contributed by atoms with Crippen molar-refractivity contribution in [2.24, 2.45) is 0 Å². The standard InChI is InChI=1S/C20H29N5O/c1-16(2)18-15-19(23-22-18)20(26)21-9-6-10-24-11-13-25(14-12-24)17-7-4-3-5-8-17/h3-5,7-8,15-16H,6,9-14H2,1-2H3,(H,21,26)(H,22,23). The molecular weight excluding hydrogens is 326 g/mol. The van der Waals surface area contributed by atoms with Gasteiger partial charge in [0.1, 0.15) is 5.69 Å². The zero-order chi connectivity index (χ0) is 18.4. The summed E-state index contributed by atoms with van der Waals surface area (Å²) in [5, 5.41) is 9.98. The first-order valence-electron chi connectivity index (χ1n) is 9.49. The van der Waals surface area contributed by atoms with E-state index in [1.54, 1.807) is 0 Å². The monoisotopic (exact) mass is 355 g/mol. The van der Waals surface area contributed by atoms with Gasteiger partial charge in [-0.25, -0.2) is 0 Å². The molecule has 3 rings (SSSR count). The number of aromatic nitrogens is 2. The third-order valence-electron chi connectivity index (χ3n) is 4.88. The summed E-state index contributed by atoms with van der Waals surface area (Å²) in [5.74, 6) is 0.251. The number of carbonyl (C=O) groups excluding carboxylic acids is 1. The van der Waals surface area contributed by atoms with Crippen molar-refractivity contribution in [3.63, 3.8) is 0 Å². The summed E-state index contributed by atoms with van der Waals surface area (Å²) in [6, 6.07) is 12.4. The number of H-pyrrole nitrogens is 1. The molecule has 0 radical (unpaired) electrons. The zero-order valence-electron chi connectivity index (χ0n) is 15.7. The third-order valence-corrected chi connectivity index (χ3v) is 4.88. The van der Waals surface area contributed by atoms with Crippen LogP contribution < -0.4 is 10.2 Å². The SMILES string of the molecule is CC(C)c1cc(C(=O)NCCCN2CCN(c3ccccc3)CC2)n[nH]1. The van der Waals surface area contributed by atoms with Gasteiger partial charge in [-0.2, -0.15) is 5.10 Å². The molecule has 1 amide bonds. The van der Waals surface area contributed by atoms with E-state index in [2.05, 4.69) is 69.5 Å². The van der Waals surface area contributed by atoms with Gasteiger partial charge in [-0.15, -0.1) is 0 Å². The number of amides is 1. The maximum atomic E-state index is 12.1. The smallest absolute Gasteiger partial charge is 0.271 e. The summed E-state index contributed by atoms with van der Waals surface area (Å²) in [6.45, 7) is 10.1. The molecule has 2 N–H and O–H groups in total. The number of nitrogens with one attached hydrogen (secondary N) is 2. The molecule has 1 aromatic carbocycles. The normalized spacial score (nSPS) is 15.4. The van der Waals surface area contributed by atoms with Crippen LogP contribution in [0.2, 0.25) is 0 Å². The Morgan fingerprint density at radius 1 is 1.19 bits per heavy atom. The first kappa shape index (κ1) is 18.5. The van der Waals surface area contributed by atoms with Crippen LogP contribution in [-0.4, -0.2) is 60.3 Å². The van der Waals surface area contributed by atoms with Gasteiger partial charge in [0.05, 0.1) is 0 Å². The summed E-state index contributed by atoms with van der Waals surface area (Å²) in [7, 11) is 0. The van der Waals surface area contributed by atoms with Gasteiger partial charge >= 0.3 is 0 Å². The maximum absolute atomic E-state index is 12.1.